The molecule has 34 heavy (non-hydrogen) atoms. The fourth-order valence-electron chi connectivity index (χ4n) is 3.77. The Hall–Kier alpha value is -4.61. The quantitative estimate of drug-likeness (QED) is 0.358. The maximum absolute atomic E-state index is 13.9. The van der Waals surface area contributed by atoms with Gasteiger partial charge in [-0.2, -0.15) is 10.1 Å². The molecule has 4 N–H and O–H groups in total. The number of benzene rings is 1. The van der Waals surface area contributed by atoms with Crippen LogP contribution in [0.1, 0.15) is 30.2 Å². The van der Waals surface area contributed by atoms with Gasteiger partial charge in [0.25, 0.3) is 11.4 Å². The summed E-state index contributed by atoms with van der Waals surface area (Å²) in [4.78, 5) is 26.0. The highest BCUT2D eigenvalue weighted by Gasteiger charge is 2.23. The molecule has 5 rings (SSSR count). The molecule has 0 spiro atoms. The molecule has 172 valence electrons. The van der Waals surface area contributed by atoms with Crippen molar-refractivity contribution in [1.29, 1.82) is 0 Å². The highest BCUT2D eigenvalue weighted by atomic mass is 19.1. The van der Waals surface area contributed by atoms with E-state index in [-0.39, 0.29) is 17.1 Å². The molecule has 4 heterocycles. The molecule has 0 aliphatic rings. The first kappa shape index (κ1) is 21.2. The Morgan fingerprint density at radius 1 is 1.21 bits per heavy atom. The number of nitrogens with one attached hydrogen (secondary N) is 2. The van der Waals surface area contributed by atoms with E-state index >= 15 is 0 Å². The number of pyridine rings is 1. The number of hydrogen-bond acceptors (Lipinski definition) is 9. The van der Waals surface area contributed by atoms with Crippen LogP contribution in [0.25, 0.3) is 28.0 Å². The SMILES string of the molecule is Cc1noc(-c2c(N)ncnc2NC(C)c2cc3ccc(F)cc3c(=O)n2-c2cc(C)[nH]n2)n1. The third kappa shape index (κ3) is 3.64. The van der Waals surface area contributed by atoms with Crippen LogP contribution in [-0.2, 0) is 0 Å². The molecule has 1 atom stereocenters. The van der Waals surface area contributed by atoms with E-state index in [4.69, 9.17) is 10.3 Å². The minimum atomic E-state index is -0.496. The van der Waals surface area contributed by atoms with Crippen LogP contribution in [0, 0.1) is 19.7 Å². The third-order valence-electron chi connectivity index (χ3n) is 5.35. The molecule has 4 aromatic heterocycles. The Bertz CT molecular complexity index is 1590. The number of hydrogen-bond donors (Lipinski definition) is 3. The van der Waals surface area contributed by atoms with Crippen LogP contribution < -0.4 is 16.6 Å². The van der Waals surface area contributed by atoms with Crippen molar-refractivity contribution >= 4 is 22.4 Å². The van der Waals surface area contributed by atoms with Gasteiger partial charge in [0.15, 0.2) is 11.6 Å². The Morgan fingerprint density at radius 3 is 2.74 bits per heavy atom. The summed E-state index contributed by atoms with van der Waals surface area (Å²) in [6.07, 6.45) is 1.31. The summed E-state index contributed by atoms with van der Waals surface area (Å²) in [5.41, 5.74) is 7.38. The molecular weight excluding hydrogens is 441 g/mol. The number of fused-ring (bicyclic) bond motifs is 1. The summed E-state index contributed by atoms with van der Waals surface area (Å²) in [5.74, 6) is 0.987. The van der Waals surface area contributed by atoms with Gasteiger partial charge in [-0.1, -0.05) is 11.2 Å². The van der Waals surface area contributed by atoms with E-state index in [1.54, 1.807) is 25.1 Å². The largest absolute Gasteiger partial charge is 0.383 e. The standard InChI is InChI=1S/C22H20FN9O2/c1-10-6-17(30-29-10)32-16(7-13-4-5-14(23)8-15(13)22(32)33)11(2)27-20-18(19(24)25-9-26-20)21-28-12(3)31-34-21/h4-9,11H,1-3H3,(H,29,30)(H3,24,25,26,27). The van der Waals surface area contributed by atoms with Crippen molar-refractivity contribution in [3.8, 4) is 17.3 Å². The van der Waals surface area contributed by atoms with Crippen LogP contribution in [0.5, 0.6) is 0 Å². The topological polar surface area (TPSA) is 153 Å². The summed E-state index contributed by atoms with van der Waals surface area (Å²) in [6, 6.07) is 7.16. The minimum Gasteiger partial charge on any atom is -0.383 e. The number of halogens is 1. The third-order valence-corrected chi connectivity index (χ3v) is 5.35. The van der Waals surface area contributed by atoms with E-state index in [0.717, 1.165) is 5.69 Å². The normalized spacial score (nSPS) is 12.2. The van der Waals surface area contributed by atoms with Crippen molar-refractivity contribution in [2.75, 3.05) is 11.1 Å². The Labute approximate surface area is 191 Å². The first-order valence-electron chi connectivity index (χ1n) is 10.4. The van der Waals surface area contributed by atoms with Gasteiger partial charge in [-0.05, 0) is 44.4 Å². The van der Waals surface area contributed by atoms with Gasteiger partial charge in [0, 0.05) is 11.8 Å². The van der Waals surface area contributed by atoms with Crippen LogP contribution in [0.4, 0.5) is 16.0 Å². The molecule has 12 heteroatoms. The smallest absolute Gasteiger partial charge is 0.265 e. The van der Waals surface area contributed by atoms with Crippen molar-refractivity contribution in [1.82, 2.24) is 34.9 Å². The summed E-state index contributed by atoms with van der Waals surface area (Å²) in [7, 11) is 0. The lowest BCUT2D eigenvalue weighted by molar-refractivity contribution is 0.425. The van der Waals surface area contributed by atoms with Crippen molar-refractivity contribution in [2.45, 2.75) is 26.8 Å². The molecule has 0 radical (unpaired) electrons. The Balaban J connectivity index is 1.66. The molecule has 0 aliphatic carbocycles. The average molecular weight is 461 g/mol. The zero-order valence-corrected chi connectivity index (χ0v) is 18.5. The van der Waals surface area contributed by atoms with Gasteiger partial charge in [-0.3, -0.25) is 14.5 Å². The number of H-pyrrole nitrogens is 1. The van der Waals surface area contributed by atoms with Crippen molar-refractivity contribution in [2.24, 2.45) is 0 Å². The minimum absolute atomic E-state index is 0.155. The number of nitrogens with zero attached hydrogens (tertiary/aromatic N) is 6. The van der Waals surface area contributed by atoms with Gasteiger partial charge in [0.05, 0.1) is 17.1 Å². The van der Waals surface area contributed by atoms with E-state index in [2.05, 4.69) is 35.6 Å². The fourth-order valence-corrected chi connectivity index (χ4v) is 3.77. The lowest BCUT2D eigenvalue weighted by Crippen LogP contribution is -2.26. The molecule has 0 saturated carbocycles. The van der Waals surface area contributed by atoms with Gasteiger partial charge in [-0.25, -0.2) is 14.4 Å². The summed E-state index contributed by atoms with van der Waals surface area (Å²) in [6.45, 7) is 5.36. The molecule has 11 nitrogen and oxygen atoms in total. The molecule has 0 saturated heterocycles. The highest BCUT2D eigenvalue weighted by molar-refractivity contribution is 5.83. The number of anilines is 2. The van der Waals surface area contributed by atoms with E-state index in [0.29, 0.717) is 34.1 Å². The Morgan fingerprint density at radius 2 is 2.03 bits per heavy atom. The number of nitrogens with two attached hydrogens (primary N) is 1. The lowest BCUT2D eigenvalue weighted by atomic mass is 10.1. The molecule has 1 unspecified atom stereocenters. The summed E-state index contributed by atoms with van der Waals surface area (Å²) >= 11 is 0. The van der Waals surface area contributed by atoms with Gasteiger partial charge in [-0.15, -0.1) is 0 Å². The average Bonchev–Trinajstić information content (AvgIpc) is 3.42. The second kappa shape index (κ2) is 8.06. The van der Waals surface area contributed by atoms with Gasteiger partial charge in [0.2, 0.25) is 0 Å². The number of aromatic amines is 1. The van der Waals surface area contributed by atoms with E-state index in [9.17, 15) is 9.18 Å². The predicted octanol–water partition coefficient (Wildman–Crippen LogP) is 3.07. The number of aryl methyl sites for hydroxylation is 2. The second-order valence-corrected chi connectivity index (χ2v) is 7.85. The van der Waals surface area contributed by atoms with E-state index < -0.39 is 17.4 Å². The molecule has 0 amide bonds. The first-order chi connectivity index (χ1) is 16.3. The van der Waals surface area contributed by atoms with E-state index in [1.807, 2.05) is 13.8 Å². The van der Waals surface area contributed by atoms with E-state index in [1.165, 1.54) is 23.0 Å². The second-order valence-electron chi connectivity index (χ2n) is 7.85. The zero-order chi connectivity index (χ0) is 24.0. The molecule has 5 aromatic rings. The van der Waals surface area contributed by atoms with Crippen molar-refractivity contribution in [3.05, 3.63) is 70.0 Å². The number of nitrogen functional groups attached to an aromatic ring is 1. The number of aromatic nitrogens is 7. The molecular formula is C22H20FN9O2. The molecule has 0 aliphatic heterocycles. The number of rotatable bonds is 5. The monoisotopic (exact) mass is 461 g/mol. The van der Waals surface area contributed by atoms with Crippen LogP contribution in [0.2, 0.25) is 0 Å². The van der Waals surface area contributed by atoms with Crippen molar-refractivity contribution in [3.63, 3.8) is 0 Å². The van der Waals surface area contributed by atoms with Crippen LogP contribution in [0.15, 0.2) is 46.0 Å². The summed E-state index contributed by atoms with van der Waals surface area (Å²) < 4.78 is 20.6. The van der Waals surface area contributed by atoms with Gasteiger partial charge < -0.3 is 15.6 Å². The molecule has 1 aromatic carbocycles. The van der Waals surface area contributed by atoms with Crippen LogP contribution >= 0.6 is 0 Å². The maximum Gasteiger partial charge on any atom is 0.265 e. The summed E-state index contributed by atoms with van der Waals surface area (Å²) in [5, 5.41) is 15.0. The predicted molar refractivity (Wildman–Crippen MR) is 123 cm³/mol. The lowest BCUT2D eigenvalue weighted by Gasteiger charge is -2.21. The molecule has 0 bridgehead atoms. The zero-order valence-electron chi connectivity index (χ0n) is 18.5. The van der Waals surface area contributed by atoms with Crippen LogP contribution in [0.3, 0.4) is 0 Å². The Kier molecular flexibility index (Phi) is 5.04. The molecule has 0 fully saturated rings. The van der Waals surface area contributed by atoms with Crippen LogP contribution in [-0.4, -0.2) is 34.9 Å². The fraction of sp³-hybridized carbons (Fsp3) is 0.182. The highest BCUT2D eigenvalue weighted by Crippen LogP contribution is 2.32. The first-order valence-corrected chi connectivity index (χ1v) is 10.4. The maximum atomic E-state index is 13.9. The van der Waals surface area contributed by atoms with Gasteiger partial charge >= 0.3 is 0 Å². The van der Waals surface area contributed by atoms with Crippen molar-refractivity contribution < 1.29 is 8.91 Å². The van der Waals surface area contributed by atoms with Gasteiger partial charge in [0.1, 0.15) is 29.3 Å².